The minimum absolute atomic E-state index is 0.158. The molecule has 0 aromatic carbocycles. The Hall–Kier alpha value is -2.16. The fourth-order valence-corrected chi connectivity index (χ4v) is 3.46. The van der Waals surface area contributed by atoms with Crippen molar-refractivity contribution in [2.75, 3.05) is 38.7 Å². The first-order valence-corrected chi connectivity index (χ1v) is 8.93. The molecule has 1 aromatic heterocycles. The fraction of sp³-hybridized carbons (Fsp3) is 0.667. The van der Waals surface area contributed by atoms with Crippen LogP contribution < -0.4 is 10.1 Å². The zero-order valence-corrected chi connectivity index (χ0v) is 15.9. The Morgan fingerprint density at radius 3 is 2.48 bits per heavy atom. The normalized spacial score (nSPS) is 25.1. The van der Waals surface area contributed by atoms with Gasteiger partial charge in [-0.1, -0.05) is 0 Å². The highest BCUT2D eigenvalue weighted by molar-refractivity contribution is 5.68. The van der Waals surface area contributed by atoms with Crippen molar-refractivity contribution >= 4 is 11.8 Å². The molecule has 2 aliphatic heterocycles. The van der Waals surface area contributed by atoms with Crippen LogP contribution >= 0.6 is 0 Å². The molecule has 3 rings (SSSR count). The lowest BCUT2D eigenvalue weighted by Gasteiger charge is -2.46. The van der Waals surface area contributed by atoms with Crippen molar-refractivity contribution in [3.8, 4) is 5.88 Å². The molecule has 2 aliphatic rings. The van der Waals surface area contributed by atoms with Crippen LogP contribution in [0.3, 0.4) is 0 Å². The molecule has 0 saturated carbocycles. The summed E-state index contributed by atoms with van der Waals surface area (Å²) >= 11 is 0. The van der Waals surface area contributed by atoms with Crippen LogP contribution in [0.15, 0.2) is 6.20 Å². The highest BCUT2D eigenvalue weighted by atomic mass is 19.1. The lowest BCUT2D eigenvalue weighted by atomic mass is 9.84. The van der Waals surface area contributed by atoms with E-state index in [1.165, 1.54) is 7.05 Å². The Labute approximate surface area is 157 Å². The van der Waals surface area contributed by atoms with E-state index in [4.69, 9.17) is 14.2 Å². The number of halogens is 2. The third-order valence-electron chi connectivity index (χ3n) is 4.59. The maximum Gasteiger partial charge on any atom is 0.410 e. The molecule has 1 amide bonds. The first kappa shape index (κ1) is 19.6. The summed E-state index contributed by atoms with van der Waals surface area (Å²) < 4.78 is 44.9. The molecule has 0 radical (unpaired) electrons. The second-order valence-electron chi connectivity index (χ2n) is 7.88. The summed E-state index contributed by atoms with van der Waals surface area (Å²) in [5.74, 6) is -2.23. The van der Waals surface area contributed by atoms with Gasteiger partial charge in [0.05, 0.1) is 19.4 Å². The molecule has 0 aliphatic carbocycles. The molecule has 3 heterocycles. The van der Waals surface area contributed by atoms with Crippen molar-refractivity contribution in [3.63, 3.8) is 0 Å². The Balaban J connectivity index is 1.75. The number of carbonyl (C=O) groups excluding carboxylic acids is 1. The van der Waals surface area contributed by atoms with E-state index in [0.717, 1.165) is 6.20 Å². The largest absolute Gasteiger partial charge is 0.471 e. The number of ether oxygens (including phenoxy) is 3. The Kier molecular flexibility index (Phi) is 5.41. The fourth-order valence-electron chi connectivity index (χ4n) is 3.46. The summed E-state index contributed by atoms with van der Waals surface area (Å²) in [5, 5.41) is 2.47. The van der Waals surface area contributed by atoms with Gasteiger partial charge in [-0.15, -0.1) is 0 Å². The van der Waals surface area contributed by atoms with Crippen LogP contribution in [-0.4, -0.2) is 61.0 Å². The zero-order chi connectivity index (χ0) is 19.8. The second kappa shape index (κ2) is 7.46. The molecular weight excluding hydrogens is 360 g/mol. The van der Waals surface area contributed by atoms with Gasteiger partial charge in [0, 0.05) is 32.0 Å². The number of aromatic nitrogens is 1. The van der Waals surface area contributed by atoms with Gasteiger partial charge in [0.15, 0.2) is 5.82 Å². The van der Waals surface area contributed by atoms with Gasteiger partial charge in [0.25, 0.3) is 5.88 Å². The lowest BCUT2D eigenvalue weighted by molar-refractivity contribution is -0.114. The van der Waals surface area contributed by atoms with Crippen molar-refractivity contribution in [1.82, 2.24) is 9.88 Å². The molecule has 9 heteroatoms. The standard InChI is InChI=1S/C18H25F2N3O4/c1-18(2,3)27-17(24)23-6-10-8-25-9-11(7-23)15(10)26-16-13(20)14(21-4)12(19)5-22-16/h5,10-11,15H,6-9H2,1-4H3,(H,21,22). The predicted octanol–water partition coefficient (Wildman–Crippen LogP) is 2.66. The molecule has 0 spiro atoms. The van der Waals surface area contributed by atoms with Crippen LogP contribution in [0.2, 0.25) is 0 Å². The molecule has 2 bridgehead atoms. The molecule has 7 nitrogen and oxygen atoms in total. The predicted molar refractivity (Wildman–Crippen MR) is 93.7 cm³/mol. The van der Waals surface area contributed by atoms with E-state index < -0.39 is 17.2 Å². The number of anilines is 1. The van der Waals surface area contributed by atoms with Crippen LogP contribution in [0.4, 0.5) is 19.3 Å². The number of pyridine rings is 1. The molecule has 150 valence electrons. The summed E-state index contributed by atoms with van der Waals surface area (Å²) in [7, 11) is 1.42. The number of hydrogen-bond donors (Lipinski definition) is 1. The lowest BCUT2D eigenvalue weighted by Crippen LogP contribution is -2.59. The zero-order valence-electron chi connectivity index (χ0n) is 15.9. The molecule has 2 saturated heterocycles. The van der Waals surface area contributed by atoms with Crippen LogP contribution in [0.5, 0.6) is 5.88 Å². The average molecular weight is 385 g/mol. The number of nitrogens with one attached hydrogen (secondary N) is 1. The van der Waals surface area contributed by atoms with Gasteiger partial charge in [0.1, 0.15) is 17.4 Å². The highest BCUT2D eigenvalue weighted by Crippen LogP contribution is 2.34. The van der Waals surface area contributed by atoms with Crippen molar-refractivity contribution < 1.29 is 27.8 Å². The first-order valence-electron chi connectivity index (χ1n) is 8.93. The number of piperidine rings is 1. The number of rotatable bonds is 3. The maximum absolute atomic E-state index is 14.4. The summed E-state index contributed by atoms with van der Waals surface area (Å²) in [6.45, 7) is 6.94. The summed E-state index contributed by atoms with van der Waals surface area (Å²) in [6, 6.07) is 0. The third kappa shape index (κ3) is 4.23. The second-order valence-corrected chi connectivity index (χ2v) is 7.88. The molecule has 1 aromatic rings. The highest BCUT2D eigenvalue weighted by Gasteiger charge is 2.44. The molecular formula is C18H25F2N3O4. The third-order valence-corrected chi connectivity index (χ3v) is 4.59. The van der Waals surface area contributed by atoms with E-state index in [-0.39, 0.29) is 35.6 Å². The number of hydrogen-bond acceptors (Lipinski definition) is 6. The number of carbonyl (C=O) groups is 1. The van der Waals surface area contributed by atoms with E-state index in [1.54, 1.807) is 4.90 Å². The summed E-state index contributed by atoms with van der Waals surface area (Å²) in [5.41, 5.74) is -0.867. The molecule has 27 heavy (non-hydrogen) atoms. The average Bonchev–Trinajstić information content (AvgIpc) is 2.56. The van der Waals surface area contributed by atoms with E-state index >= 15 is 0 Å². The van der Waals surface area contributed by atoms with Gasteiger partial charge in [-0.05, 0) is 20.8 Å². The van der Waals surface area contributed by atoms with E-state index in [1.807, 2.05) is 20.8 Å². The smallest absolute Gasteiger partial charge is 0.410 e. The van der Waals surface area contributed by atoms with Crippen LogP contribution in [0.1, 0.15) is 20.8 Å². The quantitative estimate of drug-likeness (QED) is 0.863. The van der Waals surface area contributed by atoms with E-state index in [2.05, 4.69) is 10.3 Å². The number of amides is 1. The topological polar surface area (TPSA) is 72.9 Å². The van der Waals surface area contributed by atoms with Crippen LogP contribution in [-0.2, 0) is 9.47 Å². The Bertz CT molecular complexity index is 697. The van der Waals surface area contributed by atoms with Crippen molar-refractivity contribution in [1.29, 1.82) is 0 Å². The van der Waals surface area contributed by atoms with Crippen molar-refractivity contribution in [2.24, 2.45) is 11.8 Å². The SMILES string of the molecule is CNc1c(F)cnc(OC2C3COCC2CN(C(=O)OC(C)(C)C)C3)c1F. The number of nitrogens with zero attached hydrogens (tertiary/aromatic N) is 2. The van der Waals surface area contributed by atoms with Gasteiger partial charge in [-0.2, -0.15) is 4.39 Å². The molecule has 2 unspecified atom stereocenters. The molecule has 1 N–H and O–H groups in total. The van der Waals surface area contributed by atoms with Gasteiger partial charge in [0.2, 0.25) is 5.82 Å². The summed E-state index contributed by atoms with van der Waals surface area (Å²) in [6.07, 6.45) is 0.155. The Morgan fingerprint density at radius 2 is 1.93 bits per heavy atom. The van der Waals surface area contributed by atoms with Crippen molar-refractivity contribution in [3.05, 3.63) is 17.8 Å². The molecule has 2 atom stereocenters. The number of likely N-dealkylation sites (tertiary alicyclic amines) is 1. The van der Waals surface area contributed by atoms with E-state index in [0.29, 0.717) is 26.3 Å². The van der Waals surface area contributed by atoms with Gasteiger partial charge in [-0.3, -0.25) is 0 Å². The van der Waals surface area contributed by atoms with Crippen molar-refractivity contribution in [2.45, 2.75) is 32.5 Å². The van der Waals surface area contributed by atoms with Gasteiger partial charge < -0.3 is 24.4 Å². The summed E-state index contributed by atoms with van der Waals surface area (Å²) in [4.78, 5) is 17.8. The number of fused-ring (bicyclic) bond motifs is 2. The van der Waals surface area contributed by atoms with E-state index in [9.17, 15) is 13.6 Å². The van der Waals surface area contributed by atoms with Gasteiger partial charge in [-0.25, -0.2) is 14.2 Å². The molecule has 2 fully saturated rings. The minimum atomic E-state index is -0.869. The van der Waals surface area contributed by atoms with Crippen LogP contribution in [0.25, 0.3) is 0 Å². The maximum atomic E-state index is 14.4. The monoisotopic (exact) mass is 385 g/mol. The first-order chi connectivity index (χ1) is 12.7. The van der Waals surface area contributed by atoms with Crippen LogP contribution in [0, 0.1) is 23.5 Å². The Morgan fingerprint density at radius 1 is 1.30 bits per heavy atom. The van der Waals surface area contributed by atoms with Gasteiger partial charge >= 0.3 is 6.09 Å². The minimum Gasteiger partial charge on any atom is -0.471 e.